The number of halogens is 3. The Labute approximate surface area is 207 Å². The monoisotopic (exact) mass is 502 g/mol. The Morgan fingerprint density at radius 2 is 1.78 bits per heavy atom. The summed E-state index contributed by atoms with van der Waals surface area (Å²) in [6.07, 6.45) is -0.622. The number of alkyl halides is 3. The number of rotatable bonds is 2. The summed E-state index contributed by atoms with van der Waals surface area (Å²) in [4.78, 5) is 40.6. The van der Waals surface area contributed by atoms with Crippen LogP contribution in [-0.2, 0) is 25.2 Å². The Balaban J connectivity index is 1.41. The zero-order valence-electron chi connectivity index (χ0n) is 20.2. The first kappa shape index (κ1) is 23.7. The molecular formula is C28H29F3O5. The molecule has 8 heteroatoms. The van der Waals surface area contributed by atoms with Crippen molar-refractivity contribution < 1.29 is 37.0 Å². The molecule has 36 heavy (non-hydrogen) atoms. The fourth-order valence-electron chi connectivity index (χ4n) is 8.64. The van der Waals surface area contributed by atoms with Gasteiger partial charge in [-0.05, 0) is 86.1 Å². The Morgan fingerprint density at radius 1 is 1.06 bits per heavy atom. The number of allylic oxidation sites excluding steroid dienone is 1. The summed E-state index contributed by atoms with van der Waals surface area (Å²) in [5.74, 6) is -1.50. The minimum atomic E-state index is -4.51. The predicted octanol–water partition coefficient (Wildman–Crippen LogP) is 5.53. The van der Waals surface area contributed by atoms with Crippen LogP contribution >= 0.6 is 0 Å². The third-order valence-electron chi connectivity index (χ3n) is 10.3. The minimum Gasteiger partial charge on any atom is -0.465 e. The maximum absolute atomic E-state index is 13.9. The summed E-state index contributed by atoms with van der Waals surface area (Å²) in [7, 11) is 0. The van der Waals surface area contributed by atoms with E-state index in [1.54, 1.807) is 0 Å². The van der Waals surface area contributed by atoms with Crippen LogP contribution < -0.4 is 0 Å². The quantitative estimate of drug-likeness (QED) is 0.393. The molecule has 192 valence electrons. The second-order valence-corrected chi connectivity index (χ2v) is 11.8. The maximum atomic E-state index is 13.9. The Kier molecular flexibility index (Phi) is 4.91. The van der Waals surface area contributed by atoms with Gasteiger partial charge in [0.1, 0.15) is 6.10 Å². The van der Waals surface area contributed by atoms with Gasteiger partial charge in [0.05, 0.1) is 28.6 Å². The molecule has 7 rings (SSSR count). The first-order valence-electron chi connectivity index (χ1n) is 12.7. The lowest BCUT2D eigenvalue weighted by Crippen LogP contribution is -2.73. The van der Waals surface area contributed by atoms with Crippen molar-refractivity contribution in [2.24, 2.45) is 34.0 Å². The number of carbonyl (C=O) groups is 3. The van der Waals surface area contributed by atoms with Crippen LogP contribution in [0.4, 0.5) is 13.2 Å². The van der Waals surface area contributed by atoms with Crippen LogP contribution in [0.1, 0.15) is 67.8 Å². The molecule has 6 aliphatic rings. The summed E-state index contributed by atoms with van der Waals surface area (Å²) in [5.41, 5.74) is -2.43. The van der Waals surface area contributed by atoms with Gasteiger partial charge in [-0.2, -0.15) is 13.2 Å². The van der Waals surface area contributed by atoms with E-state index >= 15 is 0 Å². The van der Waals surface area contributed by atoms with Crippen molar-refractivity contribution in [3.05, 3.63) is 47.5 Å². The van der Waals surface area contributed by atoms with Gasteiger partial charge < -0.3 is 9.47 Å². The van der Waals surface area contributed by atoms with E-state index in [1.165, 1.54) is 0 Å². The van der Waals surface area contributed by atoms with Gasteiger partial charge in [-0.1, -0.05) is 19.9 Å². The number of carbonyl (C=O) groups excluding carboxylic acids is 3. The third-order valence-corrected chi connectivity index (χ3v) is 10.3. The average molecular weight is 503 g/mol. The zero-order valence-corrected chi connectivity index (χ0v) is 20.2. The number of Topliss-reactive ketones (excluding diaryl/α,β-unsaturated/α-hetero) is 1. The standard InChI is InChI=1S/C28H29F3O5/c1-15-17-8-11-27(22(15)32)20(12-17)26-10-3-9-25(2,14-35-24(26)34)19(26)13-21(27)36-23(33)16-4-6-18(7-5-16)28(29,30)31/h4-7,17,19-21H,1,3,8-14H2,2H3/t17-,19?,20?,21+,25-,26?,27?/m0/s1. The fraction of sp³-hybridized carbons (Fsp3) is 0.607. The van der Waals surface area contributed by atoms with Gasteiger partial charge >= 0.3 is 18.1 Å². The van der Waals surface area contributed by atoms with Gasteiger partial charge in [0.2, 0.25) is 0 Å². The summed E-state index contributed by atoms with van der Waals surface area (Å²) in [5, 5.41) is 0. The first-order valence-corrected chi connectivity index (χ1v) is 12.7. The lowest BCUT2D eigenvalue weighted by molar-refractivity contribution is -0.254. The van der Waals surface area contributed by atoms with Crippen molar-refractivity contribution >= 4 is 17.7 Å². The molecule has 1 spiro atoms. The Hall–Kier alpha value is -2.64. The molecule has 0 amide bonds. The number of hydrogen-bond donors (Lipinski definition) is 0. The van der Waals surface area contributed by atoms with Gasteiger partial charge in [0.15, 0.2) is 5.78 Å². The van der Waals surface area contributed by atoms with Crippen LogP contribution in [0.25, 0.3) is 0 Å². The average Bonchev–Trinajstić information content (AvgIpc) is 2.84. The molecule has 0 N–H and O–H groups in total. The van der Waals surface area contributed by atoms with Crippen molar-refractivity contribution in [1.29, 1.82) is 0 Å². The van der Waals surface area contributed by atoms with Crippen molar-refractivity contribution in [2.75, 3.05) is 6.61 Å². The van der Waals surface area contributed by atoms with Crippen molar-refractivity contribution in [2.45, 2.75) is 64.1 Å². The fourth-order valence-corrected chi connectivity index (χ4v) is 8.64. The summed E-state index contributed by atoms with van der Waals surface area (Å²) in [6, 6.07) is 3.93. The Morgan fingerprint density at radius 3 is 2.47 bits per heavy atom. The SMILES string of the molecule is C=C1C(=O)C23CC[C@H]1CC2C12CCC[C@@](C)(COC1=O)C2C[C@H]3OC(=O)c1ccc(C(F)(F)F)cc1. The topological polar surface area (TPSA) is 69.7 Å². The maximum Gasteiger partial charge on any atom is 0.416 e. The summed E-state index contributed by atoms with van der Waals surface area (Å²) >= 11 is 0. The van der Waals surface area contributed by atoms with Gasteiger partial charge in [-0.25, -0.2) is 4.79 Å². The molecule has 5 aliphatic carbocycles. The van der Waals surface area contributed by atoms with Crippen LogP contribution in [0, 0.1) is 34.0 Å². The zero-order chi connectivity index (χ0) is 25.7. The van der Waals surface area contributed by atoms with Crippen LogP contribution in [0.15, 0.2) is 36.4 Å². The molecule has 1 aromatic carbocycles. The highest BCUT2D eigenvalue weighted by Gasteiger charge is 2.76. The molecule has 0 aromatic heterocycles. The molecule has 5 saturated carbocycles. The number of ketones is 1. The number of hydrogen-bond acceptors (Lipinski definition) is 5. The van der Waals surface area contributed by atoms with Gasteiger partial charge in [-0.3, -0.25) is 9.59 Å². The normalized spacial score (nSPS) is 41.3. The highest BCUT2D eigenvalue weighted by atomic mass is 19.4. The van der Waals surface area contributed by atoms with E-state index in [2.05, 4.69) is 13.5 Å². The molecule has 1 saturated heterocycles. The first-order chi connectivity index (χ1) is 16.9. The second-order valence-electron chi connectivity index (χ2n) is 11.8. The largest absolute Gasteiger partial charge is 0.465 e. The molecular weight excluding hydrogens is 473 g/mol. The van der Waals surface area contributed by atoms with E-state index in [9.17, 15) is 27.6 Å². The Bertz CT molecular complexity index is 1170. The molecule has 1 aliphatic heterocycles. The molecule has 0 radical (unpaired) electrons. The van der Waals surface area contributed by atoms with Crippen molar-refractivity contribution in [3.63, 3.8) is 0 Å². The van der Waals surface area contributed by atoms with Crippen LogP contribution in [-0.4, -0.2) is 30.4 Å². The third kappa shape index (κ3) is 2.93. The summed E-state index contributed by atoms with van der Waals surface area (Å²) in [6.45, 7) is 6.49. The number of esters is 2. The molecule has 4 bridgehead atoms. The van der Waals surface area contributed by atoms with Crippen LogP contribution in [0.2, 0.25) is 0 Å². The van der Waals surface area contributed by atoms with Crippen LogP contribution in [0.5, 0.6) is 0 Å². The van der Waals surface area contributed by atoms with Gasteiger partial charge in [0.25, 0.3) is 0 Å². The van der Waals surface area contributed by atoms with E-state index in [0.29, 0.717) is 37.9 Å². The molecule has 6 fully saturated rings. The molecule has 5 nitrogen and oxygen atoms in total. The highest BCUT2D eigenvalue weighted by Crippen LogP contribution is 2.73. The minimum absolute atomic E-state index is 0.00136. The van der Waals surface area contributed by atoms with E-state index in [-0.39, 0.29) is 40.5 Å². The number of cyclic esters (lactones) is 1. The lowest BCUT2D eigenvalue weighted by Gasteiger charge is -2.69. The van der Waals surface area contributed by atoms with Crippen molar-refractivity contribution in [1.82, 2.24) is 0 Å². The lowest BCUT2D eigenvalue weighted by atomic mass is 9.35. The van der Waals surface area contributed by atoms with E-state index in [0.717, 1.165) is 43.5 Å². The van der Waals surface area contributed by atoms with E-state index in [1.807, 2.05) is 0 Å². The smallest absolute Gasteiger partial charge is 0.416 e. The summed E-state index contributed by atoms with van der Waals surface area (Å²) < 4.78 is 50.8. The number of fused-ring (bicyclic) bond motifs is 2. The van der Waals surface area contributed by atoms with Gasteiger partial charge in [-0.15, -0.1) is 0 Å². The predicted molar refractivity (Wildman–Crippen MR) is 122 cm³/mol. The number of benzene rings is 1. The van der Waals surface area contributed by atoms with Crippen molar-refractivity contribution in [3.8, 4) is 0 Å². The molecule has 1 aromatic rings. The second kappa shape index (κ2) is 7.45. The van der Waals surface area contributed by atoms with Gasteiger partial charge in [0, 0.05) is 5.41 Å². The highest BCUT2D eigenvalue weighted by molar-refractivity contribution is 6.03. The molecule has 7 atom stereocenters. The van der Waals surface area contributed by atoms with E-state index < -0.39 is 34.6 Å². The molecule has 4 unspecified atom stereocenters. The van der Waals surface area contributed by atoms with Crippen LogP contribution in [0.3, 0.4) is 0 Å². The molecule has 1 heterocycles. The van der Waals surface area contributed by atoms with E-state index in [4.69, 9.17) is 9.47 Å². The number of ether oxygens (including phenoxy) is 2.